The third-order valence-corrected chi connectivity index (χ3v) is 7.46. The highest BCUT2D eigenvalue weighted by molar-refractivity contribution is 6.03. The summed E-state index contributed by atoms with van der Waals surface area (Å²) in [5.41, 5.74) is 0.702. The number of likely N-dealkylation sites (N-methyl/N-ethyl adjacent to an activating group) is 1. The van der Waals surface area contributed by atoms with Crippen LogP contribution in [0.3, 0.4) is 0 Å². The third-order valence-electron chi connectivity index (χ3n) is 7.46. The zero-order valence-electron chi connectivity index (χ0n) is 25.4. The Morgan fingerprint density at radius 3 is 2.38 bits per heavy atom. The molecule has 0 saturated heterocycles. The number of alkyl halides is 3. The van der Waals surface area contributed by atoms with E-state index < -0.39 is 41.9 Å². The minimum atomic E-state index is -4.50. The summed E-state index contributed by atoms with van der Waals surface area (Å²) < 4.78 is 50.0. The number of aryl methyl sites for hydroxylation is 2. The van der Waals surface area contributed by atoms with E-state index in [1.54, 1.807) is 26.8 Å². The molecule has 1 aliphatic rings. The molecule has 242 valence electrons. The number of carbonyl (C=O) groups excluding carboxylic acids is 3. The van der Waals surface area contributed by atoms with Gasteiger partial charge in [-0.15, -0.1) is 0 Å². The SMILES string of the molecule is Cc1noc(C)c1NC(=O)Nc1ccc2c(c1)C(=O)N([C@@H](C)CO)C[C@H](C)[C@@H](CN(C)C(=O)Nc1ccc(C(F)(F)F)cc1)O2. The van der Waals surface area contributed by atoms with Crippen LogP contribution in [0.2, 0.25) is 0 Å². The lowest BCUT2D eigenvalue weighted by molar-refractivity contribution is -0.137. The first-order valence-electron chi connectivity index (χ1n) is 14.1. The third kappa shape index (κ3) is 7.84. The largest absolute Gasteiger partial charge is 0.487 e. The van der Waals surface area contributed by atoms with Gasteiger partial charge in [-0.05, 0) is 63.2 Å². The smallest absolute Gasteiger partial charge is 0.416 e. The Hall–Kier alpha value is -4.79. The molecule has 2 heterocycles. The summed E-state index contributed by atoms with van der Waals surface area (Å²) in [6, 6.07) is 6.94. The number of nitrogens with zero attached hydrogens (tertiary/aromatic N) is 3. The van der Waals surface area contributed by atoms with Crippen molar-refractivity contribution in [2.24, 2.45) is 5.92 Å². The van der Waals surface area contributed by atoms with Crippen molar-refractivity contribution in [2.75, 3.05) is 42.7 Å². The van der Waals surface area contributed by atoms with Gasteiger partial charge in [0.25, 0.3) is 5.91 Å². The number of nitrogens with one attached hydrogen (secondary N) is 3. The van der Waals surface area contributed by atoms with E-state index in [0.29, 0.717) is 22.8 Å². The van der Waals surface area contributed by atoms with Gasteiger partial charge in [-0.2, -0.15) is 13.2 Å². The Labute approximate surface area is 257 Å². The highest BCUT2D eigenvalue weighted by Crippen LogP contribution is 2.32. The van der Waals surface area contributed by atoms with Crippen LogP contribution in [-0.2, 0) is 6.18 Å². The Kier molecular flexibility index (Phi) is 9.91. The van der Waals surface area contributed by atoms with Gasteiger partial charge in [0.05, 0.1) is 30.3 Å². The van der Waals surface area contributed by atoms with E-state index in [1.165, 1.54) is 41.1 Å². The van der Waals surface area contributed by atoms with Crippen LogP contribution in [0.4, 0.5) is 39.8 Å². The molecule has 1 aliphatic heterocycles. The topological polar surface area (TPSA) is 149 Å². The molecule has 0 spiro atoms. The number of ether oxygens (including phenoxy) is 1. The number of rotatable bonds is 7. The van der Waals surface area contributed by atoms with E-state index in [0.717, 1.165) is 12.1 Å². The number of benzene rings is 2. The summed E-state index contributed by atoms with van der Waals surface area (Å²) in [4.78, 5) is 42.2. The summed E-state index contributed by atoms with van der Waals surface area (Å²) in [5.74, 6) is -0.0905. The number of urea groups is 2. The minimum absolute atomic E-state index is 0.0580. The maximum absolute atomic E-state index is 13.7. The van der Waals surface area contributed by atoms with Gasteiger partial charge in [-0.3, -0.25) is 4.79 Å². The van der Waals surface area contributed by atoms with Gasteiger partial charge in [0, 0.05) is 30.9 Å². The number of carbonyl (C=O) groups is 3. The van der Waals surface area contributed by atoms with Crippen molar-refractivity contribution < 1.29 is 41.9 Å². The fourth-order valence-electron chi connectivity index (χ4n) is 4.77. The first-order valence-corrected chi connectivity index (χ1v) is 14.1. The normalized spacial score (nSPS) is 17.4. The molecule has 4 rings (SSSR count). The Morgan fingerprint density at radius 2 is 1.78 bits per heavy atom. The van der Waals surface area contributed by atoms with Crippen molar-refractivity contribution >= 4 is 35.0 Å². The second-order valence-electron chi connectivity index (χ2n) is 11.0. The van der Waals surface area contributed by atoms with Crippen LogP contribution in [0.1, 0.15) is 41.2 Å². The monoisotopic (exact) mass is 632 g/mol. The molecule has 4 N–H and O–H groups in total. The Balaban J connectivity index is 1.53. The first-order chi connectivity index (χ1) is 21.2. The van der Waals surface area contributed by atoms with Crippen LogP contribution in [0, 0.1) is 19.8 Å². The predicted molar refractivity (Wildman–Crippen MR) is 159 cm³/mol. The maximum atomic E-state index is 13.7. The fourth-order valence-corrected chi connectivity index (χ4v) is 4.77. The number of fused-ring (bicyclic) bond motifs is 1. The van der Waals surface area contributed by atoms with E-state index in [-0.39, 0.29) is 42.6 Å². The number of halogens is 3. The number of hydrogen-bond donors (Lipinski definition) is 4. The van der Waals surface area contributed by atoms with Crippen molar-refractivity contribution in [3.05, 3.63) is 65.0 Å². The van der Waals surface area contributed by atoms with Gasteiger partial charge in [-0.1, -0.05) is 12.1 Å². The molecule has 15 heteroatoms. The summed E-state index contributed by atoms with van der Waals surface area (Å²) in [5, 5.41) is 21.6. The van der Waals surface area contributed by atoms with Crippen LogP contribution in [-0.4, -0.2) is 76.9 Å². The lowest BCUT2D eigenvalue weighted by Gasteiger charge is -2.38. The average molecular weight is 633 g/mol. The molecule has 0 bridgehead atoms. The highest BCUT2D eigenvalue weighted by Gasteiger charge is 2.34. The van der Waals surface area contributed by atoms with E-state index in [4.69, 9.17) is 9.26 Å². The fraction of sp³-hybridized carbons (Fsp3) is 0.400. The van der Waals surface area contributed by atoms with Crippen molar-refractivity contribution in [2.45, 2.75) is 46.0 Å². The molecule has 3 atom stereocenters. The van der Waals surface area contributed by atoms with Gasteiger partial charge in [0.2, 0.25) is 0 Å². The number of amides is 5. The average Bonchev–Trinajstić information content (AvgIpc) is 3.30. The number of aromatic nitrogens is 1. The Bertz CT molecular complexity index is 1520. The molecule has 12 nitrogen and oxygen atoms in total. The van der Waals surface area contributed by atoms with Crippen LogP contribution in [0.15, 0.2) is 47.0 Å². The van der Waals surface area contributed by atoms with Crippen molar-refractivity contribution in [3.63, 3.8) is 0 Å². The van der Waals surface area contributed by atoms with Crippen LogP contribution < -0.4 is 20.7 Å². The summed E-state index contributed by atoms with van der Waals surface area (Å²) >= 11 is 0. The van der Waals surface area contributed by atoms with E-state index in [1.807, 2.05) is 6.92 Å². The summed E-state index contributed by atoms with van der Waals surface area (Å²) in [6.07, 6.45) is -5.13. The molecule has 0 saturated carbocycles. The molecule has 3 aromatic rings. The van der Waals surface area contributed by atoms with Gasteiger partial charge in [-0.25, -0.2) is 9.59 Å². The van der Waals surface area contributed by atoms with Crippen LogP contribution in [0.25, 0.3) is 0 Å². The van der Waals surface area contributed by atoms with E-state index in [2.05, 4.69) is 21.1 Å². The summed E-state index contributed by atoms with van der Waals surface area (Å²) in [6.45, 7) is 6.82. The number of anilines is 3. The van der Waals surface area contributed by atoms with Crippen LogP contribution >= 0.6 is 0 Å². The molecule has 1 aromatic heterocycles. The number of aliphatic hydroxyl groups excluding tert-OH is 1. The van der Waals surface area contributed by atoms with Crippen molar-refractivity contribution in [3.8, 4) is 5.75 Å². The minimum Gasteiger partial charge on any atom is -0.487 e. The van der Waals surface area contributed by atoms with Gasteiger partial charge in [0.1, 0.15) is 23.2 Å². The number of hydrogen-bond acceptors (Lipinski definition) is 7. The highest BCUT2D eigenvalue weighted by atomic mass is 19.4. The molecular formula is C30H35F3N6O6. The molecule has 0 radical (unpaired) electrons. The van der Waals surface area contributed by atoms with Crippen LogP contribution in [0.5, 0.6) is 5.75 Å². The standard InChI is InChI=1S/C30H35F3N6O6/c1-16-13-39(17(2)15-40)27(41)23-12-22(34-28(42)36-26-18(3)37-45-19(26)4)10-11-24(23)44-25(16)14-38(5)29(43)35-21-8-6-20(7-9-21)30(31,32)33/h6-12,16-17,25,40H,13-15H2,1-5H3,(H,35,43)(H2,34,36,42)/t16-,17-,25+/m0/s1. The lowest BCUT2D eigenvalue weighted by atomic mass is 9.99. The van der Waals surface area contributed by atoms with E-state index in [9.17, 15) is 32.7 Å². The Morgan fingerprint density at radius 1 is 1.11 bits per heavy atom. The summed E-state index contributed by atoms with van der Waals surface area (Å²) in [7, 11) is 1.51. The van der Waals surface area contributed by atoms with E-state index >= 15 is 0 Å². The zero-order valence-corrected chi connectivity index (χ0v) is 25.4. The molecule has 45 heavy (non-hydrogen) atoms. The van der Waals surface area contributed by atoms with Gasteiger partial charge >= 0.3 is 18.2 Å². The second-order valence-corrected chi connectivity index (χ2v) is 11.0. The molecule has 0 aliphatic carbocycles. The molecule has 0 unspecified atom stereocenters. The maximum Gasteiger partial charge on any atom is 0.416 e. The second kappa shape index (κ2) is 13.5. The zero-order chi connectivity index (χ0) is 33.1. The molecule has 0 fully saturated rings. The predicted octanol–water partition coefficient (Wildman–Crippen LogP) is 5.34. The van der Waals surface area contributed by atoms with Crippen molar-refractivity contribution in [1.82, 2.24) is 15.0 Å². The van der Waals surface area contributed by atoms with Crippen molar-refractivity contribution in [1.29, 1.82) is 0 Å². The lowest BCUT2D eigenvalue weighted by Crippen LogP contribution is -2.50. The van der Waals surface area contributed by atoms with Gasteiger partial charge < -0.3 is 40.1 Å². The van der Waals surface area contributed by atoms with Gasteiger partial charge in [0.15, 0.2) is 5.76 Å². The number of aliphatic hydroxyl groups is 1. The molecule has 2 aromatic carbocycles. The quantitative estimate of drug-likeness (QED) is 0.275. The molecular weight excluding hydrogens is 597 g/mol. The molecule has 5 amide bonds. The first kappa shape index (κ1) is 33.1.